The average molecular weight is 629 g/mol. The molecule has 2 heterocycles. The van der Waals surface area contributed by atoms with Gasteiger partial charge in [-0.15, -0.1) is 0 Å². The number of carbonyl (C=O) groups excluding carboxylic acids is 3. The summed E-state index contributed by atoms with van der Waals surface area (Å²) in [6.45, 7) is 0. The van der Waals surface area contributed by atoms with E-state index in [1.807, 2.05) is 24.3 Å². The highest BCUT2D eigenvalue weighted by atomic mass is 35.5. The first-order valence-corrected chi connectivity index (χ1v) is 13.4. The molecule has 43 heavy (non-hydrogen) atoms. The van der Waals surface area contributed by atoms with E-state index in [0.717, 1.165) is 52.5 Å². The van der Waals surface area contributed by atoms with Crippen molar-refractivity contribution < 1.29 is 36.7 Å². The number of nitrogens with zero attached hydrogens (tertiary/aromatic N) is 2. The number of hydrogen-bond acceptors (Lipinski definition) is 7. The van der Waals surface area contributed by atoms with E-state index in [1.165, 1.54) is 18.2 Å². The Morgan fingerprint density at radius 1 is 1.02 bits per heavy atom. The second kappa shape index (κ2) is 12.2. The molecular formula is C29H17ClF4N4O4S. The van der Waals surface area contributed by atoms with E-state index in [0.29, 0.717) is 4.91 Å². The van der Waals surface area contributed by atoms with Gasteiger partial charge in [0.2, 0.25) is 6.10 Å². The molecule has 0 bridgehead atoms. The second-order valence-electron chi connectivity index (χ2n) is 8.93. The maximum Gasteiger partial charge on any atom is 0.490 e. The van der Waals surface area contributed by atoms with E-state index >= 15 is 0 Å². The topological polar surface area (TPSA) is 110 Å². The van der Waals surface area contributed by atoms with Gasteiger partial charge < -0.3 is 15.4 Å². The molecule has 0 saturated heterocycles. The van der Waals surface area contributed by atoms with Crippen LogP contribution in [0.5, 0.6) is 0 Å². The zero-order valence-corrected chi connectivity index (χ0v) is 23.1. The molecule has 0 radical (unpaired) electrons. The molecule has 2 N–H and O–H groups in total. The maximum atomic E-state index is 13.4. The molecule has 1 atom stereocenters. The summed E-state index contributed by atoms with van der Waals surface area (Å²) in [5.74, 6) is -4.94. The Morgan fingerprint density at radius 3 is 2.53 bits per heavy atom. The van der Waals surface area contributed by atoms with Crippen LogP contribution in [0.1, 0.15) is 17.2 Å². The van der Waals surface area contributed by atoms with Crippen LogP contribution >= 0.6 is 23.4 Å². The van der Waals surface area contributed by atoms with Gasteiger partial charge in [-0.25, -0.2) is 9.18 Å². The fraction of sp³-hybridized carbons (Fsp3) is 0.0690. The van der Waals surface area contributed by atoms with Gasteiger partial charge in [-0.3, -0.25) is 14.6 Å². The molecular weight excluding hydrogens is 612 g/mol. The first-order chi connectivity index (χ1) is 20.5. The number of fused-ring (bicyclic) bond motifs is 1. The van der Waals surface area contributed by atoms with Gasteiger partial charge >= 0.3 is 12.1 Å². The molecule has 1 aliphatic heterocycles. The summed E-state index contributed by atoms with van der Waals surface area (Å²) in [5.41, 5.74) is 1.64. The number of amides is 2. The number of alkyl halides is 3. The number of hydrogen-bond donors (Lipinski definition) is 2. The summed E-state index contributed by atoms with van der Waals surface area (Å²) >= 11 is 7.34. The Balaban J connectivity index is 1.31. The molecule has 1 aromatic heterocycles. The lowest BCUT2D eigenvalue weighted by Crippen LogP contribution is -2.32. The third kappa shape index (κ3) is 7.19. The molecule has 5 rings (SSSR count). The van der Waals surface area contributed by atoms with E-state index in [9.17, 15) is 31.9 Å². The molecule has 0 spiro atoms. The number of benzene rings is 3. The number of aromatic nitrogens is 1. The number of esters is 1. The van der Waals surface area contributed by atoms with Crippen LogP contribution in [0.25, 0.3) is 17.0 Å². The first-order valence-electron chi connectivity index (χ1n) is 12.2. The minimum Gasteiger partial charge on any atom is -0.441 e. The van der Waals surface area contributed by atoms with Crippen molar-refractivity contribution in [3.63, 3.8) is 0 Å². The number of anilines is 2. The van der Waals surface area contributed by atoms with Crippen LogP contribution < -0.4 is 10.6 Å². The number of ether oxygens (including phenoxy) is 1. The number of rotatable bonds is 6. The number of carbonyl (C=O) groups is 3. The highest BCUT2D eigenvalue weighted by molar-refractivity contribution is 8.18. The summed E-state index contributed by atoms with van der Waals surface area (Å²) < 4.78 is 56.4. The molecule has 14 heteroatoms. The summed E-state index contributed by atoms with van der Waals surface area (Å²) in [6, 6.07) is 17.2. The largest absolute Gasteiger partial charge is 0.490 e. The van der Waals surface area contributed by atoms with Crippen LogP contribution in [0.15, 0.2) is 88.9 Å². The van der Waals surface area contributed by atoms with Crippen LogP contribution in [-0.2, 0) is 19.1 Å². The molecule has 1 unspecified atom stereocenters. The van der Waals surface area contributed by atoms with Crippen LogP contribution in [0.2, 0.25) is 5.02 Å². The Labute approximate surface area is 249 Å². The van der Waals surface area contributed by atoms with Crippen molar-refractivity contribution in [3.8, 4) is 0 Å². The molecule has 4 aromatic rings. The first kappa shape index (κ1) is 29.7. The number of aliphatic imine (C=N–C) groups is 1. The molecule has 2 amide bonds. The Kier molecular flexibility index (Phi) is 8.46. The summed E-state index contributed by atoms with van der Waals surface area (Å²) in [6.07, 6.45) is -4.06. The Bertz CT molecular complexity index is 1810. The predicted molar refractivity (Wildman–Crippen MR) is 155 cm³/mol. The number of pyridine rings is 1. The zero-order valence-electron chi connectivity index (χ0n) is 21.5. The van der Waals surface area contributed by atoms with Crippen molar-refractivity contribution >= 4 is 74.7 Å². The summed E-state index contributed by atoms with van der Waals surface area (Å²) in [4.78, 5) is 45.6. The summed E-state index contributed by atoms with van der Waals surface area (Å²) in [5, 5.41) is 6.52. The van der Waals surface area contributed by atoms with Crippen molar-refractivity contribution in [3.05, 3.63) is 106 Å². The molecule has 0 aliphatic carbocycles. The maximum absolute atomic E-state index is 13.4. The normalized spacial score (nSPS) is 14.9. The van der Waals surface area contributed by atoms with E-state index in [-0.39, 0.29) is 27.1 Å². The highest BCUT2D eigenvalue weighted by Gasteiger charge is 2.43. The van der Waals surface area contributed by atoms with E-state index in [2.05, 4.69) is 25.3 Å². The van der Waals surface area contributed by atoms with Gasteiger partial charge in [0, 0.05) is 22.8 Å². The number of halogens is 5. The molecule has 3 aromatic carbocycles. The lowest BCUT2D eigenvalue weighted by atomic mass is 10.1. The van der Waals surface area contributed by atoms with Crippen LogP contribution in [0.3, 0.4) is 0 Å². The fourth-order valence-corrected chi connectivity index (χ4v) is 4.89. The molecule has 1 aliphatic rings. The van der Waals surface area contributed by atoms with Crippen LogP contribution in [0.4, 0.5) is 28.9 Å². The zero-order chi connectivity index (χ0) is 30.7. The van der Waals surface area contributed by atoms with Crippen molar-refractivity contribution in [1.29, 1.82) is 0 Å². The van der Waals surface area contributed by atoms with Crippen LogP contribution in [0, 0.1) is 5.82 Å². The molecule has 0 saturated carbocycles. The summed E-state index contributed by atoms with van der Waals surface area (Å²) in [7, 11) is 0. The quantitative estimate of drug-likeness (QED) is 0.136. The minimum absolute atomic E-state index is 0.0579. The van der Waals surface area contributed by atoms with Crippen molar-refractivity contribution in [1.82, 2.24) is 4.98 Å². The van der Waals surface area contributed by atoms with E-state index in [4.69, 9.17) is 11.6 Å². The van der Waals surface area contributed by atoms with Gasteiger partial charge in [-0.05, 0) is 71.9 Å². The van der Waals surface area contributed by atoms with Gasteiger partial charge in [0.15, 0.2) is 5.17 Å². The van der Waals surface area contributed by atoms with Crippen molar-refractivity contribution in [2.75, 3.05) is 10.6 Å². The van der Waals surface area contributed by atoms with Gasteiger partial charge in [0.05, 0.1) is 21.1 Å². The monoisotopic (exact) mass is 628 g/mol. The minimum atomic E-state index is -5.37. The van der Waals surface area contributed by atoms with Gasteiger partial charge in [-0.2, -0.15) is 18.2 Å². The third-order valence-corrected chi connectivity index (χ3v) is 7.12. The molecule has 8 nitrogen and oxygen atoms in total. The van der Waals surface area contributed by atoms with Crippen molar-refractivity contribution in [2.45, 2.75) is 12.3 Å². The van der Waals surface area contributed by atoms with Gasteiger partial charge in [0.25, 0.3) is 11.8 Å². The van der Waals surface area contributed by atoms with E-state index < -0.39 is 35.9 Å². The fourth-order valence-electron chi connectivity index (χ4n) is 3.90. The standard InChI is InChI=1S/C29H17ClF4N4O4S/c30-20-9-8-19(36-26(40)24(42-27(41)29(32,33)34)16-4-6-18(31)7-5-16)14-22(20)37-28-38-25(39)23(43-28)13-15-3-10-21-17(12-15)2-1-11-35-21/h1-14,24H,(H,36,40)(H,37,38,39). The highest BCUT2D eigenvalue weighted by Crippen LogP contribution is 2.33. The lowest BCUT2D eigenvalue weighted by molar-refractivity contribution is -0.205. The van der Waals surface area contributed by atoms with Gasteiger partial charge in [0.1, 0.15) is 5.82 Å². The Morgan fingerprint density at radius 2 is 1.79 bits per heavy atom. The Hall–Kier alpha value is -4.75. The lowest BCUT2D eigenvalue weighted by Gasteiger charge is -2.19. The number of thioether (sulfide) groups is 1. The third-order valence-electron chi connectivity index (χ3n) is 5.89. The molecule has 218 valence electrons. The van der Waals surface area contributed by atoms with Crippen molar-refractivity contribution in [2.24, 2.45) is 4.99 Å². The number of nitrogens with one attached hydrogen (secondary N) is 2. The van der Waals surface area contributed by atoms with Crippen LogP contribution in [-0.4, -0.2) is 34.1 Å². The number of amidine groups is 1. The molecule has 0 fully saturated rings. The SMILES string of the molecule is O=C1N=C(Nc2cc(NC(=O)C(OC(=O)C(F)(F)F)c3ccc(F)cc3)ccc2Cl)SC1=Cc1ccc2ncccc2c1. The second-order valence-corrected chi connectivity index (χ2v) is 10.4. The average Bonchev–Trinajstić information content (AvgIpc) is 3.31. The predicted octanol–water partition coefficient (Wildman–Crippen LogP) is 6.90. The van der Waals surface area contributed by atoms with Gasteiger partial charge in [-0.1, -0.05) is 35.9 Å². The van der Waals surface area contributed by atoms with E-state index in [1.54, 1.807) is 18.3 Å². The smallest absolute Gasteiger partial charge is 0.441 e.